The third-order valence-electron chi connectivity index (χ3n) is 3.00. The van der Waals surface area contributed by atoms with Crippen molar-refractivity contribution in [3.8, 4) is 5.82 Å². The van der Waals surface area contributed by atoms with E-state index in [4.69, 9.17) is 5.73 Å². The number of hydrogen-bond acceptors (Lipinski definition) is 3. The van der Waals surface area contributed by atoms with Crippen LogP contribution in [0, 0.1) is 6.92 Å². The number of nitrogens with two attached hydrogens (primary N) is 1. The van der Waals surface area contributed by atoms with E-state index in [0.717, 1.165) is 48.8 Å². The van der Waals surface area contributed by atoms with Gasteiger partial charge in [0.05, 0.1) is 11.4 Å². The Bertz CT molecular complexity index is 523. The lowest BCUT2D eigenvalue weighted by atomic mass is 10.3. The largest absolute Gasteiger partial charge is 0.394 e. The van der Waals surface area contributed by atoms with E-state index in [9.17, 15) is 0 Å². The molecule has 0 atom stereocenters. The van der Waals surface area contributed by atoms with E-state index >= 15 is 0 Å². The van der Waals surface area contributed by atoms with Crippen molar-refractivity contribution in [3.63, 3.8) is 0 Å². The molecule has 2 aromatic rings. The highest BCUT2D eigenvalue weighted by Gasteiger charge is 2.16. The van der Waals surface area contributed by atoms with Crippen LogP contribution >= 0.6 is 0 Å². The Morgan fingerprint density at radius 1 is 1.28 bits per heavy atom. The van der Waals surface area contributed by atoms with Crippen molar-refractivity contribution in [2.24, 2.45) is 0 Å². The number of nitrogens with zero attached hydrogens (tertiary/aromatic N) is 4. The second kappa shape index (κ2) is 5.25. The second-order valence-electron chi connectivity index (χ2n) is 4.51. The number of imidazole rings is 1. The van der Waals surface area contributed by atoms with Gasteiger partial charge in [0.15, 0.2) is 5.82 Å². The molecule has 0 aliphatic carbocycles. The van der Waals surface area contributed by atoms with Crippen molar-refractivity contribution >= 4 is 5.69 Å². The van der Waals surface area contributed by atoms with Gasteiger partial charge in [-0.05, 0) is 19.8 Å². The van der Waals surface area contributed by atoms with Crippen LogP contribution in [0.25, 0.3) is 5.82 Å². The molecule has 0 aliphatic heterocycles. The average molecular weight is 247 g/mol. The Kier molecular flexibility index (Phi) is 3.69. The van der Waals surface area contributed by atoms with Crippen LogP contribution < -0.4 is 5.73 Å². The lowest BCUT2D eigenvalue weighted by Gasteiger charge is -2.10. The maximum Gasteiger partial charge on any atom is 0.160 e. The summed E-state index contributed by atoms with van der Waals surface area (Å²) in [5.41, 5.74) is 7.79. The van der Waals surface area contributed by atoms with Gasteiger partial charge in [0, 0.05) is 25.4 Å². The molecule has 98 valence electrons. The minimum absolute atomic E-state index is 0.749. The van der Waals surface area contributed by atoms with Crippen LogP contribution in [0.1, 0.15) is 38.2 Å². The topological polar surface area (TPSA) is 61.7 Å². The normalized spacial score (nSPS) is 11.1. The van der Waals surface area contributed by atoms with E-state index in [1.165, 1.54) is 0 Å². The van der Waals surface area contributed by atoms with Crippen molar-refractivity contribution < 1.29 is 0 Å². The van der Waals surface area contributed by atoms with Crippen LogP contribution in [0.4, 0.5) is 5.69 Å². The first-order chi connectivity index (χ1) is 8.69. The molecule has 0 unspecified atom stereocenters. The maximum atomic E-state index is 6.16. The zero-order valence-corrected chi connectivity index (χ0v) is 11.3. The summed E-state index contributed by atoms with van der Waals surface area (Å²) in [4.78, 5) is 4.40. The van der Waals surface area contributed by atoms with Gasteiger partial charge in [-0.15, -0.1) is 0 Å². The molecule has 0 radical (unpaired) electrons. The molecule has 2 aromatic heterocycles. The van der Waals surface area contributed by atoms with Crippen LogP contribution in [-0.4, -0.2) is 19.3 Å². The molecule has 0 saturated carbocycles. The van der Waals surface area contributed by atoms with Crippen LogP contribution in [0.5, 0.6) is 0 Å². The Labute approximate surface area is 108 Å². The van der Waals surface area contributed by atoms with Crippen LogP contribution in [-0.2, 0) is 13.0 Å². The third kappa shape index (κ3) is 2.12. The predicted octanol–water partition coefficient (Wildman–Crippen LogP) is 2.32. The van der Waals surface area contributed by atoms with Gasteiger partial charge >= 0.3 is 0 Å². The summed E-state index contributed by atoms with van der Waals surface area (Å²) in [6, 6.07) is 0. The second-order valence-corrected chi connectivity index (χ2v) is 4.51. The first-order valence-corrected chi connectivity index (χ1v) is 6.54. The molecule has 0 aromatic carbocycles. The lowest BCUT2D eigenvalue weighted by molar-refractivity contribution is 0.579. The molecule has 0 bridgehead atoms. The Morgan fingerprint density at radius 3 is 2.72 bits per heavy atom. The molecule has 0 aliphatic rings. The SMILES string of the molecule is CCCc1nccn1-c1c(N)c(C)nn1CCC. The minimum atomic E-state index is 0.749. The van der Waals surface area contributed by atoms with Gasteiger partial charge in [0.2, 0.25) is 0 Å². The van der Waals surface area contributed by atoms with E-state index in [-0.39, 0.29) is 0 Å². The van der Waals surface area contributed by atoms with Gasteiger partial charge in [0.1, 0.15) is 5.82 Å². The van der Waals surface area contributed by atoms with Crippen molar-refractivity contribution in [1.82, 2.24) is 19.3 Å². The highest BCUT2D eigenvalue weighted by molar-refractivity contribution is 5.57. The van der Waals surface area contributed by atoms with Gasteiger partial charge in [-0.25, -0.2) is 9.67 Å². The monoisotopic (exact) mass is 247 g/mol. The number of nitrogen functional groups attached to an aromatic ring is 1. The summed E-state index contributed by atoms with van der Waals surface area (Å²) in [6.45, 7) is 7.10. The fourth-order valence-electron chi connectivity index (χ4n) is 2.14. The average Bonchev–Trinajstić information content (AvgIpc) is 2.87. The molecule has 18 heavy (non-hydrogen) atoms. The van der Waals surface area contributed by atoms with Crippen molar-refractivity contribution in [2.45, 2.75) is 46.6 Å². The van der Waals surface area contributed by atoms with E-state index in [0.29, 0.717) is 0 Å². The van der Waals surface area contributed by atoms with Crippen molar-refractivity contribution in [3.05, 3.63) is 23.9 Å². The summed E-state index contributed by atoms with van der Waals surface area (Å²) in [6.07, 6.45) is 6.83. The molecule has 0 fully saturated rings. The molecule has 0 amide bonds. The molecule has 5 nitrogen and oxygen atoms in total. The van der Waals surface area contributed by atoms with E-state index in [2.05, 4.69) is 28.5 Å². The summed E-state index contributed by atoms with van der Waals surface area (Å²) in [7, 11) is 0. The maximum absolute atomic E-state index is 6.16. The lowest BCUT2D eigenvalue weighted by Crippen LogP contribution is -2.10. The van der Waals surface area contributed by atoms with E-state index in [1.54, 1.807) is 0 Å². The first-order valence-electron chi connectivity index (χ1n) is 6.54. The fourth-order valence-corrected chi connectivity index (χ4v) is 2.14. The van der Waals surface area contributed by atoms with Gasteiger partial charge in [-0.1, -0.05) is 13.8 Å². The summed E-state index contributed by atoms with van der Waals surface area (Å²) in [5.74, 6) is 2.00. The smallest absolute Gasteiger partial charge is 0.160 e. The van der Waals surface area contributed by atoms with Gasteiger partial charge in [-0.2, -0.15) is 5.10 Å². The summed E-state index contributed by atoms with van der Waals surface area (Å²) < 4.78 is 4.04. The number of hydrogen-bond donors (Lipinski definition) is 1. The molecule has 2 N–H and O–H groups in total. The zero-order chi connectivity index (χ0) is 13.1. The highest BCUT2D eigenvalue weighted by atomic mass is 15.4. The van der Waals surface area contributed by atoms with Crippen LogP contribution in [0.2, 0.25) is 0 Å². The number of rotatable bonds is 5. The van der Waals surface area contributed by atoms with Crippen molar-refractivity contribution in [2.75, 3.05) is 5.73 Å². The van der Waals surface area contributed by atoms with Crippen LogP contribution in [0.15, 0.2) is 12.4 Å². The predicted molar refractivity (Wildman–Crippen MR) is 72.8 cm³/mol. The van der Waals surface area contributed by atoms with E-state index < -0.39 is 0 Å². The zero-order valence-electron chi connectivity index (χ0n) is 11.3. The Hall–Kier alpha value is -1.78. The molecular weight excluding hydrogens is 226 g/mol. The van der Waals surface area contributed by atoms with Gasteiger partial charge in [0.25, 0.3) is 0 Å². The fraction of sp³-hybridized carbons (Fsp3) is 0.538. The van der Waals surface area contributed by atoms with Crippen molar-refractivity contribution in [1.29, 1.82) is 0 Å². The molecule has 0 spiro atoms. The van der Waals surface area contributed by atoms with Gasteiger partial charge < -0.3 is 5.73 Å². The quantitative estimate of drug-likeness (QED) is 0.882. The minimum Gasteiger partial charge on any atom is -0.394 e. The number of aromatic nitrogens is 4. The first kappa shape index (κ1) is 12.7. The highest BCUT2D eigenvalue weighted by Crippen LogP contribution is 2.23. The number of aryl methyl sites for hydroxylation is 3. The summed E-state index contributed by atoms with van der Waals surface area (Å²) >= 11 is 0. The Morgan fingerprint density at radius 2 is 2.06 bits per heavy atom. The third-order valence-corrected chi connectivity index (χ3v) is 3.00. The molecule has 2 heterocycles. The standard InChI is InChI=1S/C13H21N5/c1-4-6-11-15-7-9-17(11)13-12(14)10(3)16-18(13)8-5-2/h7,9H,4-6,8,14H2,1-3H3. The Balaban J connectivity index is 2.51. The van der Waals surface area contributed by atoms with Crippen LogP contribution in [0.3, 0.4) is 0 Å². The molecule has 0 saturated heterocycles. The summed E-state index contributed by atoms with van der Waals surface area (Å²) in [5, 5.41) is 4.50. The van der Waals surface area contributed by atoms with E-state index in [1.807, 2.05) is 24.0 Å². The number of anilines is 1. The molecule has 2 rings (SSSR count). The molecule has 5 heteroatoms. The molecular formula is C13H21N5. The van der Waals surface area contributed by atoms with Gasteiger partial charge in [-0.3, -0.25) is 4.57 Å².